The highest BCUT2D eigenvalue weighted by atomic mass is 19.4. The van der Waals surface area contributed by atoms with E-state index >= 15 is 0 Å². The molecule has 2 heterocycles. The molecule has 0 bridgehead atoms. The maximum absolute atomic E-state index is 12.8. The van der Waals surface area contributed by atoms with Gasteiger partial charge in [0.2, 0.25) is 5.82 Å². The SMILES string of the molecule is CC(C)c1noc(C(C)n2nnc(-c3cccc(C(F)(F)F)c3)n2)n1. The average Bonchev–Trinajstić information content (AvgIpc) is 3.23. The molecule has 0 radical (unpaired) electrons. The molecule has 0 fully saturated rings. The largest absolute Gasteiger partial charge is 0.416 e. The van der Waals surface area contributed by atoms with Crippen molar-refractivity contribution in [2.75, 3.05) is 0 Å². The van der Waals surface area contributed by atoms with Crippen molar-refractivity contribution in [3.63, 3.8) is 0 Å². The summed E-state index contributed by atoms with van der Waals surface area (Å²) in [5.74, 6) is 1.05. The smallest absolute Gasteiger partial charge is 0.337 e. The number of halogens is 3. The first-order chi connectivity index (χ1) is 11.8. The fourth-order valence-electron chi connectivity index (χ4n) is 2.09. The van der Waals surface area contributed by atoms with Gasteiger partial charge in [-0.05, 0) is 24.3 Å². The van der Waals surface area contributed by atoms with Crippen molar-refractivity contribution in [2.24, 2.45) is 0 Å². The summed E-state index contributed by atoms with van der Waals surface area (Å²) in [6.07, 6.45) is -4.43. The number of nitrogens with zero attached hydrogens (tertiary/aromatic N) is 6. The van der Waals surface area contributed by atoms with Crippen LogP contribution in [0, 0.1) is 0 Å². The second kappa shape index (κ2) is 6.26. The third-order valence-electron chi connectivity index (χ3n) is 3.55. The number of alkyl halides is 3. The van der Waals surface area contributed by atoms with E-state index in [9.17, 15) is 13.2 Å². The van der Waals surface area contributed by atoms with Crippen molar-refractivity contribution in [1.82, 2.24) is 30.3 Å². The Kier molecular flexibility index (Phi) is 4.27. The van der Waals surface area contributed by atoms with Crippen LogP contribution in [-0.2, 0) is 6.18 Å². The van der Waals surface area contributed by atoms with E-state index in [0.717, 1.165) is 12.1 Å². The second-order valence-corrected chi connectivity index (χ2v) is 5.83. The van der Waals surface area contributed by atoms with Crippen LogP contribution in [0.15, 0.2) is 28.8 Å². The van der Waals surface area contributed by atoms with Crippen molar-refractivity contribution in [3.05, 3.63) is 41.5 Å². The molecule has 0 aliphatic rings. The number of hydrogen-bond acceptors (Lipinski definition) is 6. The first-order valence-corrected chi connectivity index (χ1v) is 7.56. The molecule has 2 aromatic heterocycles. The van der Waals surface area contributed by atoms with E-state index in [1.165, 1.54) is 16.9 Å². The lowest BCUT2D eigenvalue weighted by Gasteiger charge is -2.06. The van der Waals surface area contributed by atoms with Gasteiger partial charge in [-0.25, -0.2) is 0 Å². The zero-order valence-electron chi connectivity index (χ0n) is 13.7. The Morgan fingerprint density at radius 3 is 2.56 bits per heavy atom. The number of tetrazole rings is 1. The zero-order chi connectivity index (χ0) is 18.2. The average molecular weight is 352 g/mol. The first kappa shape index (κ1) is 17.1. The molecule has 0 aliphatic heterocycles. The maximum Gasteiger partial charge on any atom is 0.416 e. The summed E-state index contributed by atoms with van der Waals surface area (Å²) in [7, 11) is 0. The molecule has 132 valence electrons. The molecule has 25 heavy (non-hydrogen) atoms. The quantitative estimate of drug-likeness (QED) is 0.715. The minimum absolute atomic E-state index is 0.0848. The lowest BCUT2D eigenvalue weighted by atomic mass is 10.1. The van der Waals surface area contributed by atoms with Crippen LogP contribution >= 0.6 is 0 Å². The molecule has 0 saturated carbocycles. The fourth-order valence-corrected chi connectivity index (χ4v) is 2.09. The van der Waals surface area contributed by atoms with Crippen LogP contribution < -0.4 is 0 Å². The minimum Gasteiger partial charge on any atom is -0.337 e. The Hall–Kier alpha value is -2.78. The zero-order valence-corrected chi connectivity index (χ0v) is 13.7. The predicted octanol–water partition coefficient (Wildman–Crippen LogP) is 3.47. The van der Waals surface area contributed by atoms with Gasteiger partial charge in [0.1, 0.15) is 6.04 Å². The molecule has 1 aromatic carbocycles. The molecule has 0 spiro atoms. The van der Waals surface area contributed by atoms with Crippen LogP contribution in [0.25, 0.3) is 11.4 Å². The van der Waals surface area contributed by atoms with E-state index in [0.29, 0.717) is 11.7 Å². The van der Waals surface area contributed by atoms with Crippen LogP contribution in [0.1, 0.15) is 50.0 Å². The Labute approximate surface area is 140 Å². The number of rotatable bonds is 4. The standard InChI is InChI=1S/C15H15F3N6O/c1-8(2)12-19-14(25-22-12)9(3)24-21-13(20-23-24)10-5-4-6-11(7-10)15(16,17)18/h4-9H,1-3H3. The molecule has 3 rings (SSSR count). The summed E-state index contributed by atoms with van der Waals surface area (Å²) in [6, 6.07) is 4.27. The summed E-state index contributed by atoms with van der Waals surface area (Å²) in [4.78, 5) is 5.49. The van der Waals surface area contributed by atoms with Crippen molar-refractivity contribution in [2.45, 2.75) is 38.9 Å². The Morgan fingerprint density at radius 1 is 1.16 bits per heavy atom. The molecule has 7 nitrogen and oxygen atoms in total. The molecule has 0 aliphatic carbocycles. The highest BCUT2D eigenvalue weighted by Crippen LogP contribution is 2.31. The first-order valence-electron chi connectivity index (χ1n) is 7.56. The van der Waals surface area contributed by atoms with Crippen LogP contribution in [0.5, 0.6) is 0 Å². The van der Waals surface area contributed by atoms with Crippen LogP contribution in [-0.4, -0.2) is 30.3 Å². The summed E-state index contributed by atoms with van der Waals surface area (Å²) in [6.45, 7) is 5.59. The monoisotopic (exact) mass is 352 g/mol. The van der Waals surface area contributed by atoms with Gasteiger partial charge in [0, 0.05) is 11.5 Å². The molecule has 0 saturated heterocycles. The summed E-state index contributed by atoms with van der Waals surface area (Å²) in [5.41, 5.74) is -0.547. The van der Waals surface area contributed by atoms with Crippen molar-refractivity contribution >= 4 is 0 Å². The second-order valence-electron chi connectivity index (χ2n) is 5.83. The van der Waals surface area contributed by atoms with Crippen molar-refractivity contribution < 1.29 is 17.7 Å². The highest BCUT2D eigenvalue weighted by molar-refractivity contribution is 5.55. The number of aromatic nitrogens is 6. The van der Waals surface area contributed by atoms with Gasteiger partial charge in [-0.3, -0.25) is 0 Å². The molecule has 3 aromatic rings. The van der Waals surface area contributed by atoms with Gasteiger partial charge in [-0.15, -0.1) is 10.2 Å². The van der Waals surface area contributed by atoms with E-state index in [-0.39, 0.29) is 17.3 Å². The molecule has 1 unspecified atom stereocenters. The van der Waals surface area contributed by atoms with Crippen LogP contribution in [0.4, 0.5) is 13.2 Å². The van der Waals surface area contributed by atoms with E-state index < -0.39 is 17.8 Å². The molecule has 1 atom stereocenters. The summed E-state index contributed by atoms with van der Waals surface area (Å²) in [5, 5.41) is 15.7. The van der Waals surface area contributed by atoms with Crippen LogP contribution in [0.2, 0.25) is 0 Å². The Bertz CT molecular complexity index is 870. The number of hydrogen-bond donors (Lipinski definition) is 0. The van der Waals surface area contributed by atoms with Gasteiger partial charge in [0.25, 0.3) is 5.89 Å². The molecular weight excluding hydrogens is 337 g/mol. The highest BCUT2D eigenvalue weighted by Gasteiger charge is 2.31. The molecule has 10 heteroatoms. The Morgan fingerprint density at radius 2 is 1.92 bits per heavy atom. The maximum atomic E-state index is 12.8. The topological polar surface area (TPSA) is 82.5 Å². The van der Waals surface area contributed by atoms with E-state index in [4.69, 9.17) is 4.52 Å². The van der Waals surface area contributed by atoms with Gasteiger partial charge in [0.05, 0.1) is 5.56 Å². The lowest BCUT2D eigenvalue weighted by molar-refractivity contribution is -0.137. The Balaban J connectivity index is 1.87. The summed E-state index contributed by atoms with van der Waals surface area (Å²) >= 11 is 0. The van der Waals surface area contributed by atoms with E-state index in [1.807, 2.05) is 13.8 Å². The normalized spacial score (nSPS) is 13.4. The van der Waals surface area contributed by atoms with Gasteiger partial charge in [0.15, 0.2) is 5.82 Å². The van der Waals surface area contributed by atoms with Gasteiger partial charge in [-0.1, -0.05) is 31.1 Å². The summed E-state index contributed by atoms with van der Waals surface area (Å²) < 4.78 is 43.6. The predicted molar refractivity (Wildman–Crippen MR) is 80.5 cm³/mol. The van der Waals surface area contributed by atoms with Crippen molar-refractivity contribution in [3.8, 4) is 11.4 Å². The molecule has 0 N–H and O–H groups in total. The molecular formula is C15H15F3N6O. The fraction of sp³-hybridized carbons (Fsp3) is 0.400. The van der Waals surface area contributed by atoms with Crippen LogP contribution in [0.3, 0.4) is 0 Å². The minimum atomic E-state index is -4.43. The molecule has 0 amide bonds. The van der Waals surface area contributed by atoms with Gasteiger partial charge >= 0.3 is 6.18 Å². The van der Waals surface area contributed by atoms with Gasteiger partial charge in [-0.2, -0.15) is 23.0 Å². The van der Waals surface area contributed by atoms with E-state index in [2.05, 4.69) is 25.6 Å². The number of benzene rings is 1. The van der Waals surface area contributed by atoms with E-state index in [1.54, 1.807) is 6.92 Å². The lowest BCUT2D eigenvalue weighted by Crippen LogP contribution is -2.11. The third-order valence-corrected chi connectivity index (χ3v) is 3.55. The van der Waals surface area contributed by atoms with Gasteiger partial charge < -0.3 is 4.52 Å². The third kappa shape index (κ3) is 3.52. The van der Waals surface area contributed by atoms with Crippen molar-refractivity contribution in [1.29, 1.82) is 0 Å².